The zero-order valence-corrected chi connectivity index (χ0v) is 15.4. The third-order valence-corrected chi connectivity index (χ3v) is 5.66. The van der Waals surface area contributed by atoms with Crippen LogP contribution in [0.15, 0.2) is 30.5 Å². The van der Waals surface area contributed by atoms with Gasteiger partial charge in [0, 0.05) is 28.4 Å². The van der Waals surface area contributed by atoms with Crippen molar-refractivity contribution in [3.63, 3.8) is 0 Å². The van der Waals surface area contributed by atoms with Gasteiger partial charge in [0.25, 0.3) is 0 Å². The van der Waals surface area contributed by atoms with Gasteiger partial charge in [-0.05, 0) is 37.6 Å². The molecule has 2 heterocycles. The van der Waals surface area contributed by atoms with Crippen LogP contribution >= 0.6 is 22.9 Å². The Morgan fingerprint density at radius 2 is 2.16 bits per heavy atom. The van der Waals surface area contributed by atoms with Crippen LogP contribution in [0.5, 0.6) is 0 Å². The number of terminal acetylenes is 1. The van der Waals surface area contributed by atoms with E-state index in [2.05, 4.69) is 21.1 Å². The zero-order chi connectivity index (χ0) is 17.6. The summed E-state index contributed by atoms with van der Waals surface area (Å²) in [6.07, 6.45) is 9.54. The lowest BCUT2D eigenvalue weighted by molar-refractivity contribution is -0.121. The van der Waals surface area contributed by atoms with E-state index in [9.17, 15) is 4.79 Å². The van der Waals surface area contributed by atoms with Gasteiger partial charge in [0.05, 0.1) is 6.54 Å². The maximum atomic E-state index is 12.4. The second kappa shape index (κ2) is 8.48. The summed E-state index contributed by atoms with van der Waals surface area (Å²) in [5, 5.41) is 4.36. The fourth-order valence-electron chi connectivity index (χ4n) is 2.97. The summed E-state index contributed by atoms with van der Waals surface area (Å²) in [4.78, 5) is 20.0. The van der Waals surface area contributed by atoms with Gasteiger partial charge < -0.3 is 5.32 Å². The van der Waals surface area contributed by atoms with E-state index in [0.717, 1.165) is 47.8 Å². The highest BCUT2D eigenvalue weighted by Gasteiger charge is 2.25. The summed E-state index contributed by atoms with van der Waals surface area (Å²) in [6.45, 7) is 2.40. The minimum Gasteiger partial charge on any atom is -0.302 e. The summed E-state index contributed by atoms with van der Waals surface area (Å²) in [6, 6.07) is 7.77. The molecule has 0 atom stereocenters. The molecule has 4 nitrogen and oxygen atoms in total. The third kappa shape index (κ3) is 4.82. The SMILES string of the molecule is C#CCN1CCC(C(=O)Nc2ncc(Cc3ccccc3Cl)s2)CC1. The van der Waals surface area contributed by atoms with Crippen molar-refractivity contribution < 1.29 is 4.79 Å². The first kappa shape index (κ1) is 17.9. The molecule has 0 saturated carbocycles. The van der Waals surface area contributed by atoms with Gasteiger partial charge in [-0.15, -0.1) is 17.8 Å². The Hall–Kier alpha value is -1.87. The van der Waals surface area contributed by atoms with Crippen molar-refractivity contribution in [2.24, 2.45) is 5.92 Å². The van der Waals surface area contributed by atoms with Crippen LogP contribution in [0.25, 0.3) is 0 Å². The number of rotatable bonds is 5. The number of nitrogens with one attached hydrogen (secondary N) is 1. The number of anilines is 1. The van der Waals surface area contributed by atoms with E-state index in [-0.39, 0.29) is 11.8 Å². The van der Waals surface area contributed by atoms with Crippen molar-refractivity contribution >= 4 is 34.0 Å². The maximum Gasteiger partial charge on any atom is 0.229 e. The van der Waals surface area contributed by atoms with Gasteiger partial charge in [-0.25, -0.2) is 4.98 Å². The second-order valence-electron chi connectivity index (χ2n) is 6.14. The van der Waals surface area contributed by atoms with E-state index >= 15 is 0 Å². The van der Waals surface area contributed by atoms with Crippen LogP contribution in [0.2, 0.25) is 5.02 Å². The molecular formula is C19H20ClN3OS. The first-order valence-corrected chi connectivity index (χ1v) is 9.50. The number of carbonyl (C=O) groups excluding carboxylic acids is 1. The molecule has 25 heavy (non-hydrogen) atoms. The topological polar surface area (TPSA) is 45.2 Å². The highest BCUT2D eigenvalue weighted by atomic mass is 35.5. The number of carbonyl (C=O) groups is 1. The Labute approximate surface area is 157 Å². The zero-order valence-electron chi connectivity index (χ0n) is 13.9. The van der Waals surface area contributed by atoms with Crippen LogP contribution in [-0.4, -0.2) is 35.4 Å². The second-order valence-corrected chi connectivity index (χ2v) is 7.67. The Balaban J connectivity index is 1.54. The highest BCUT2D eigenvalue weighted by Crippen LogP contribution is 2.26. The molecule has 0 radical (unpaired) electrons. The summed E-state index contributed by atoms with van der Waals surface area (Å²) >= 11 is 7.70. The molecular weight excluding hydrogens is 354 g/mol. The summed E-state index contributed by atoms with van der Waals surface area (Å²) < 4.78 is 0. The molecule has 6 heteroatoms. The molecule has 1 aliphatic heterocycles. The standard InChI is InChI=1S/C19H20ClN3OS/c1-2-9-23-10-7-14(8-11-23)18(24)22-19-21-13-16(25-19)12-15-5-3-4-6-17(15)20/h1,3-6,13-14H,7-12H2,(H,21,22,24). The lowest BCUT2D eigenvalue weighted by Gasteiger charge is -2.29. The molecule has 1 aliphatic rings. The number of nitrogens with zero attached hydrogens (tertiary/aromatic N) is 2. The Morgan fingerprint density at radius 3 is 2.88 bits per heavy atom. The fourth-order valence-corrected chi connectivity index (χ4v) is 4.01. The van der Waals surface area contributed by atoms with E-state index in [0.29, 0.717) is 11.7 Å². The first-order valence-electron chi connectivity index (χ1n) is 8.30. The first-order chi connectivity index (χ1) is 12.2. The lowest BCUT2D eigenvalue weighted by atomic mass is 9.96. The molecule has 1 aromatic carbocycles. The van der Waals surface area contributed by atoms with Gasteiger partial charge in [-0.3, -0.25) is 9.69 Å². The minimum absolute atomic E-state index is 0.0324. The molecule has 1 N–H and O–H groups in total. The Kier molecular flexibility index (Phi) is 6.09. The molecule has 0 unspecified atom stereocenters. The molecule has 1 aromatic heterocycles. The van der Waals surface area contributed by atoms with Crippen LogP contribution in [0.3, 0.4) is 0 Å². The summed E-state index contributed by atoms with van der Waals surface area (Å²) in [7, 11) is 0. The predicted molar refractivity (Wildman–Crippen MR) is 103 cm³/mol. The van der Waals surface area contributed by atoms with Gasteiger partial charge in [-0.1, -0.05) is 35.7 Å². The van der Waals surface area contributed by atoms with E-state index in [4.69, 9.17) is 18.0 Å². The van der Waals surface area contributed by atoms with Crippen LogP contribution in [0.4, 0.5) is 5.13 Å². The fraction of sp³-hybridized carbons (Fsp3) is 0.368. The van der Waals surface area contributed by atoms with Crippen molar-refractivity contribution in [3.8, 4) is 12.3 Å². The molecule has 0 bridgehead atoms. The van der Waals surface area contributed by atoms with E-state index in [1.165, 1.54) is 11.3 Å². The Bertz CT molecular complexity index is 775. The van der Waals surface area contributed by atoms with Crippen LogP contribution in [0, 0.1) is 18.3 Å². The van der Waals surface area contributed by atoms with Gasteiger partial charge >= 0.3 is 0 Å². The van der Waals surface area contributed by atoms with Crippen molar-refractivity contribution in [2.45, 2.75) is 19.3 Å². The van der Waals surface area contributed by atoms with Crippen molar-refractivity contribution in [1.82, 2.24) is 9.88 Å². The molecule has 0 aliphatic carbocycles. The van der Waals surface area contributed by atoms with Crippen LogP contribution in [-0.2, 0) is 11.2 Å². The smallest absolute Gasteiger partial charge is 0.229 e. The number of aromatic nitrogens is 1. The normalized spacial score (nSPS) is 15.7. The number of amides is 1. The van der Waals surface area contributed by atoms with Crippen LogP contribution in [0.1, 0.15) is 23.3 Å². The predicted octanol–water partition coefficient (Wildman–Crippen LogP) is 3.67. The molecule has 1 saturated heterocycles. The number of likely N-dealkylation sites (tertiary alicyclic amines) is 1. The third-order valence-electron chi connectivity index (χ3n) is 4.38. The quantitative estimate of drug-likeness (QED) is 0.813. The Morgan fingerprint density at radius 1 is 1.40 bits per heavy atom. The molecule has 1 fully saturated rings. The van der Waals surface area contributed by atoms with E-state index in [1.54, 1.807) is 6.20 Å². The van der Waals surface area contributed by atoms with E-state index < -0.39 is 0 Å². The number of halogens is 1. The van der Waals surface area contributed by atoms with Gasteiger partial charge in [-0.2, -0.15) is 0 Å². The molecule has 0 spiro atoms. The number of hydrogen-bond acceptors (Lipinski definition) is 4. The monoisotopic (exact) mass is 373 g/mol. The average molecular weight is 374 g/mol. The molecule has 1 amide bonds. The molecule has 2 aromatic rings. The summed E-state index contributed by atoms with van der Waals surface area (Å²) in [5.41, 5.74) is 1.06. The average Bonchev–Trinajstić information content (AvgIpc) is 3.05. The maximum absolute atomic E-state index is 12.4. The van der Waals surface area contributed by atoms with Crippen molar-refractivity contribution in [3.05, 3.63) is 45.9 Å². The van der Waals surface area contributed by atoms with Gasteiger partial charge in [0.2, 0.25) is 5.91 Å². The summed E-state index contributed by atoms with van der Waals surface area (Å²) in [5.74, 6) is 2.74. The van der Waals surface area contributed by atoms with Crippen molar-refractivity contribution in [1.29, 1.82) is 0 Å². The van der Waals surface area contributed by atoms with Crippen molar-refractivity contribution in [2.75, 3.05) is 25.0 Å². The lowest BCUT2D eigenvalue weighted by Crippen LogP contribution is -2.38. The molecule has 3 rings (SSSR count). The van der Waals surface area contributed by atoms with Gasteiger partial charge in [0.1, 0.15) is 0 Å². The number of benzene rings is 1. The number of hydrogen-bond donors (Lipinski definition) is 1. The van der Waals surface area contributed by atoms with Crippen LogP contribution < -0.4 is 5.32 Å². The minimum atomic E-state index is 0.0324. The largest absolute Gasteiger partial charge is 0.302 e. The molecule has 130 valence electrons. The van der Waals surface area contributed by atoms with E-state index in [1.807, 2.05) is 24.3 Å². The number of piperidine rings is 1. The highest BCUT2D eigenvalue weighted by molar-refractivity contribution is 7.15. The van der Waals surface area contributed by atoms with Gasteiger partial charge in [0.15, 0.2) is 5.13 Å². The number of thiazole rings is 1.